The Labute approximate surface area is 101 Å². The van der Waals surface area contributed by atoms with Crippen LogP contribution in [0.25, 0.3) is 0 Å². The van der Waals surface area contributed by atoms with Crippen LogP contribution in [-0.4, -0.2) is 25.6 Å². The van der Waals surface area contributed by atoms with Gasteiger partial charge in [0.2, 0.25) is 0 Å². The van der Waals surface area contributed by atoms with E-state index in [4.69, 9.17) is 9.47 Å². The first kappa shape index (κ1) is 13.2. The number of thioether (sulfide) groups is 1. The van der Waals surface area contributed by atoms with Gasteiger partial charge in [-0.2, -0.15) is 0 Å². The third kappa shape index (κ3) is 2.62. The molecule has 16 heavy (non-hydrogen) atoms. The fourth-order valence-corrected chi connectivity index (χ4v) is 2.08. The molecule has 90 valence electrons. The van der Waals surface area contributed by atoms with Crippen LogP contribution in [0.15, 0.2) is 17.0 Å². The van der Waals surface area contributed by atoms with Gasteiger partial charge in [-0.25, -0.2) is 0 Å². The summed E-state index contributed by atoms with van der Waals surface area (Å²) in [7, 11) is 3.22. The number of hydrogen-bond acceptors (Lipinski definition) is 4. The number of rotatable bonds is 4. The first-order valence-electron chi connectivity index (χ1n) is 4.97. The van der Waals surface area contributed by atoms with Crippen molar-refractivity contribution in [1.82, 2.24) is 0 Å². The van der Waals surface area contributed by atoms with Crippen LogP contribution in [-0.2, 0) is 5.60 Å². The fourth-order valence-electron chi connectivity index (χ4n) is 1.51. The summed E-state index contributed by atoms with van der Waals surface area (Å²) in [5, 5.41) is 10.0. The number of ether oxygens (including phenoxy) is 2. The van der Waals surface area contributed by atoms with E-state index in [0.29, 0.717) is 5.75 Å². The molecule has 0 unspecified atom stereocenters. The largest absolute Gasteiger partial charge is 0.496 e. The molecule has 4 heteroatoms. The molecule has 0 saturated heterocycles. The Bertz CT molecular complexity index is 369. The van der Waals surface area contributed by atoms with E-state index in [-0.39, 0.29) is 0 Å². The van der Waals surface area contributed by atoms with Gasteiger partial charge in [-0.15, -0.1) is 11.8 Å². The molecule has 1 aromatic rings. The van der Waals surface area contributed by atoms with Crippen molar-refractivity contribution in [1.29, 1.82) is 0 Å². The average molecular weight is 242 g/mol. The molecule has 0 heterocycles. The van der Waals surface area contributed by atoms with Crippen molar-refractivity contribution < 1.29 is 14.6 Å². The molecular formula is C12H18O3S. The lowest BCUT2D eigenvalue weighted by atomic mass is 9.97. The predicted octanol–water partition coefficient (Wildman–Crippen LogP) is 2.65. The van der Waals surface area contributed by atoms with Crippen LogP contribution in [0.5, 0.6) is 11.5 Å². The Kier molecular flexibility index (Phi) is 4.10. The molecule has 0 atom stereocenters. The summed E-state index contributed by atoms with van der Waals surface area (Å²) in [6, 6.07) is 3.71. The molecule has 0 aliphatic heterocycles. The van der Waals surface area contributed by atoms with Gasteiger partial charge >= 0.3 is 0 Å². The zero-order chi connectivity index (χ0) is 12.3. The second-order valence-corrected chi connectivity index (χ2v) is 4.81. The van der Waals surface area contributed by atoms with Gasteiger partial charge in [0.05, 0.1) is 24.7 Å². The highest BCUT2D eigenvalue weighted by Crippen LogP contribution is 2.38. The Morgan fingerprint density at radius 2 is 1.69 bits per heavy atom. The summed E-state index contributed by atoms with van der Waals surface area (Å²) in [6.07, 6.45) is 1.97. The molecule has 0 fully saturated rings. The third-order valence-corrected chi connectivity index (χ3v) is 3.12. The maximum atomic E-state index is 10.0. The minimum absolute atomic E-state index is 0.678. The molecule has 1 rings (SSSR count). The number of benzene rings is 1. The molecule has 0 saturated carbocycles. The van der Waals surface area contributed by atoms with E-state index in [1.54, 1.807) is 39.8 Å². The van der Waals surface area contributed by atoms with Crippen molar-refractivity contribution in [3.63, 3.8) is 0 Å². The smallest absolute Gasteiger partial charge is 0.133 e. The minimum Gasteiger partial charge on any atom is -0.496 e. The van der Waals surface area contributed by atoms with E-state index in [1.165, 1.54) is 0 Å². The summed E-state index contributed by atoms with van der Waals surface area (Å²) in [6.45, 7) is 3.45. The minimum atomic E-state index is -0.949. The van der Waals surface area contributed by atoms with Crippen molar-refractivity contribution in [2.24, 2.45) is 0 Å². The van der Waals surface area contributed by atoms with Gasteiger partial charge in [-0.05, 0) is 32.2 Å². The van der Waals surface area contributed by atoms with Crippen molar-refractivity contribution >= 4 is 11.8 Å². The molecular weight excluding hydrogens is 224 g/mol. The molecule has 1 N–H and O–H groups in total. The van der Waals surface area contributed by atoms with E-state index < -0.39 is 5.60 Å². The first-order valence-corrected chi connectivity index (χ1v) is 6.19. The quantitative estimate of drug-likeness (QED) is 0.824. The fraction of sp³-hybridized carbons (Fsp3) is 0.500. The maximum absolute atomic E-state index is 10.0. The summed E-state index contributed by atoms with van der Waals surface area (Å²) in [5.74, 6) is 1.43. The second kappa shape index (κ2) is 4.97. The van der Waals surface area contributed by atoms with Crippen LogP contribution >= 0.6 is 11.8 Å². The lowest BCUT2D eigenvalue weighted by Gasteiger charge is -2.22. The van der Waals surface area contributed by atoms with Crippen molar-refractivity contribution in [2.75, 3.05) is 20.5 Å². The summed E-state index contributed by atoms with van der Waals surface area (Å²) < 4.78 is 10.6. The lowest BCUT2D eigenvalue weighted by molar-refractivity contribution is 0.0752. The van der Waals surface area contributed by atoms with E-state index in [2.05, 4.69) is 0 Å². The van der Waals surface area contributed by atoms with Gasteiger partial charge in [0.1, 0.15) is 11.5 Å². The molecule has 0 spiro atoms. The highest BCUT2D eigenvalue weighted by Gasteiger charge is 2.23. The lowest BCUT2D eigenvalue weighted by Crippen LogP contribution is -2.17. The molecule has 1 aromatic carbocycles. The Hall–Kier alpha value is -0.870. The Balaban J connectivity index is 3.38. The third-order valence-electron chi connectivity index (χ3n) is 2.36. The SMILES string of the molecule is COc1cc(C(C)(C)O)c(OC)cc1SC. The molecule has 0 radical (unpaired) electrons. The zero-order valence-corrected chi connectivity index (χ0v) is 11.1. The topological polar surface area (TPSA) is 38.7 Å². The van der Waals surface area contributed by atoms with Gasteiger partial charge in [-0.3, -0.25) is 0 Å². The van der Waals surface area contributed by atoms with Crippen molar-refractivity contribution in [3.8, 4) is 11.5 Å². The molecule has 0 bridgehead atoms. The van der Waals surface area contributed by atoms with E-state index in [0.717, 1.165) is 16.2 Å². The van der Waals surface area contributed by atoms with Crippen LogP contribution in [0, 0.1) is 0 Å². The van der Waals surface area contributed by atoms with Gasteiger partial charge in [0, 0.05) is 5.56 Å². The highest BCUT2D eigenvalue weighted by molar-refractivity contribution is 7.98. The number of aliphatic hydroxyl groups is 1. The van der Waals surface area contributed by atoms with E-state index in [9.17, 15) is 5.11 Å². The second-order valence-electron chi connectivity index (χ2n) is 3.97. The first-order chi connectivity index (χ1) is 7.43. The van der Waals surface area contributed by atoms with Crippen LogP contribution < -0.4 is 9.47 Å². The van der Waals surface area contributed by atoms with E-state index in [1.807, 2.05) is 18.4 Å². The molecule has 0 amide bonds. The van der Waals surface area contributed by atoms with Gasteiger partial charge in [-0.1, -0.05) is 0 Å². The summed E-state index contributed by atoms with van der Waals surface area (Å²) >= 11 is 1.58. The molecule has 0 aliphatic carbocycles. The highest BCUT2D eigenvalue weighted by atomic mass is 32.2. The van der Waals surface area contributed by atoms with Crippen molar-refractivity contribution in [2.45, 2.75) is 24.3 Å². The van der Waals surface area contributed by atoms with Crippen LogP contribution in [0.4, 0.5) is 0 Å². The van der Waals surface area contributed by atoms with Crippen LogP contribution in [0.1, 0.15) is 19.4 Å². The van der Waals surface area contributed by atoms with Gasteiger partial charge in [0.15, 0.2) is 0 Å². The van der Waals surface area contributed by atoms with Crippen LogP contribution in [0.2, 0.25) is 0 Å². The zero-order valence-electron chi connectivity index (χ0n) is 10.3. The standard InChI is InChI=1S/C12H18O3S/c1-12(2,13)8-6-10(15-4)11(16-5)7-9(8)14-3/h6-7,13H,1-5H3. The Morgan fingerprint density at radius 3 is 2.06 bits per heavy atom. The van der Waals surface area contributed by atoms with E-state index >= 15 is 0 Å². The van der Waals surface area contributed by atoms with Crippen molar-refractivity contribution in [3.05, 3.63) is 17.7 Å². The number of hydrogen-bond donors (Lipinski definition) is 1. The monoisotopic (exact) mass is 242 g/mol. The number of methoxy groups -OCH3 is 2. The predicted molar refractivity (Wildman–Crippen MR) is 66.6 cm³/mol. The summed E-state index contributed by atoms with van der Waals surface area (Å²) in [4.78, 5) is 0.993. The van der Waals surface area contributed by atoms with Crippen LogP contribution in [0.3, 0.4) is 0 Å². The van der Waals surface area contributed by atoms with Gasteiger partial charge in [0.25, 0.3) is 0 Å². The Morgan fingerprint density at radius 1 is 1.12 bits per heavy atom. The average Bonchev–Trinajstić information content (AvgIpc) is 2.25. The molecule has 0 aromatic heterocycles. The normalized spacial score (nSPS) is 11.4. The molecule has 3 nitrogen and oxygen atoms in total. The maximum Gasteiger partial charge on any atom is 0.133 e. The van der Waals surface area contributed by atoms with Gasteiger partial charge < -0.3 is 14.6 Å². The summed E-state index contributed by atoms with van der Waals surface area (Å²) in [5.41, 5.74) is -0.222. The molecule has 0 aliphatic rings.